The summed E-state index contributed by atoms with van der Waals surface area (Å²) in [4.78, 5) is 15.2. The van der Waals surface area contributed by atoms with Gasteiger partial charge in [0.15, 0.2) is 0 Å². The maximum atomic E-state index is 12.6. The Bertz CT molecular complexity index is 740. The number of sulfonamides is 1. The van der Waals surface area contributed by atoms with Gasteiger partial charge in [0.1, 0.15) is 0 Å². The summed E-state index contributed by atoms with van der Waals surface area (Å²) >= 11 is 0. The van der Waals surface area contributed by atoms with Crippen molar-refractivity contribution in [1.29, 1.82) is 0 Å². The Morgan fingerprint density at radius 2 is 1.72 bits per heavy atom. The third-order valence-electron chi connectivity index (χ3n) is 5.26. The molecule has 7 nitrogen and oxygen atoms in total. The number of carbonyl (C=O) groups excluding carboxylic acids is 1. The van der Waals surface area contributed by atoms with Crippen molar-refractivity contribution in [2.24, 2.45) is 5.92 Å². The number of nitrogens with zero attached hydrogens (tertiary/aromatic N) is 2. The Morgan fingerprint density at radius 1 is 1.14 bits per heavy atom. The van der Waals surface area contributed by atoms with Gasteiger partial charge in [0.05, 0.1) is 18.1 Å². The normalized spacial score (nSPS) is 16.9. The van der Waals surface area contributed by atoms with Gasteiger partial charge in [0.2, 0.25) is 10.0 Å². The smallest absolute Gasteiger partial charge is 0.251 e. The third kappa shape index (κ3) is 6.50. The SMILES string of the molecule is CCN(CC)S(=O)(=O)c1ccc(C(=O)NC[C@@H](CC(C)C)N2CCOCC2)cc1. The molecule has 1 heterocycles. The molecular weight excluding hydrogens is 390 g/mol. The lowest BCUT2D eigenvalue weighted by molar-refractivity contribution is 0.0124. The van der Waals surface area contributed by atoms with E-state index < -0.39 is 10.0 Å². The van der Waals surface area contributed by atoms with Crippen molar-refractivity contribution in [3.8, 4) is 0 Å². The van der Waals surface area contributed by atoms with Crippen LogP contribution in [0.1, 0.15) is 44.5 Å². The molecule has 1 fully saturated rings. The van der Waals surface area contributed by atoms with E-state index >= 15 is 0 Å². The van der Waals surface area contributed by atoms with E-state index in [1.807, 2.05) is 13.8 Å². The molecular formula is C21H35N3O4S. The number of ether oxygens (including phenoxy) is 1. The van der Waals surface area contributed by atoms with E-state index in [2.05, 4.69) is 24.1 Å². The molecule has 1 aromatic rings. The molecule has 0 aromatic heterocycles. The van der Waals surface area contributed by atoms with Crippen molar-refractivity contribution < 1.29 is 17.9 Å². The van der Waals surface area contributed by atoms with Gasteiger partial charge in [-0.2, -0.15) is 4.31 Å². The molecule has 1 N–H and O–H groups in total. The van der Waals surface area contributed by atoms with Gasteiger partial charge >= 0.3 is 0 Å². The Balaban J connectivity index is 2.02. The number of hydrogen-bond acceptors (Lipinski definition) is 5. The molecule has 0 radical (unpaired) electrons. The van der Waals surface area contributed by atoms with Crippen LogP contribution >= 0.6 is 0 Å². The summed E-state index contributed by atoms with van der Waals surface area (Å²) in [5.74, 6) is 0.350. The number of rotatable bonds is 10. The van der Waals surface area contributed by atoms with Crippen molar-refractivity contribution in [3.63, 3.8) is 0 Å². The van der Waals surface area contributed by atoms with E-state index in [0.29, 0.717) is 31.1 Å². The molecule has 2 rings (SSSR count). The first-order valence-electron chi connectivity index (χ1n) is 10.5. The molecule has 1 amide bonds. The zero-order valence-electron chi connectivity index (χ0n) is 18.1. The van der Waals surface area contributed by atoms with Gasteiger partial charge in [-0.25, -0.2) is 8.42 Å². The summed E-state index contributed by atoms with van der Waals surface area (Å²) in [6, 6.07) is 6.45. The van der Waals surface area contributed by atoms with E-state index in [-0.39, 0.29) is 16.8 Å². The number of nitrogens with one attached hydrogen (secondary N) is 1. The predicted molar refractivity (Wildman–Crippen MR) is 115 cm³/mol. The number of morpholine rings is 1. The monoisotopic (exact) mass is 425 g/mol. The van der Waals surface area contributed by atoms with Gasteiger partial charge in [0, 0.05) is 44.3 Å². The fraction of sp³-hybridized carbons (Fsp3) is 0.667. The zero-order chi connectivity index (χ0) is 21.4. The predicted octanol–water partition coefficient (Wildman–Crippen LogP) is 2.19. The summed E-state index contributed by atoms with van der Waals surface area (Å²) in [5, 5.41) is 3.02. The minimum Gasteiger partial charge on any atom is -0.379 e. The quantitative estimate of drug-likeness (QED) is 0.622. The van der Waals surface area contributed by atoms with E-state index in [4.69, 9.17) is 4.74 Å². The molecule has 0 spiro atoms. The molecule has 0 aliphatic carbocycles. The summed E-state index contributed by atoms with van der Waals surface area (Å²) in [6.07, 6.45) is 1.00. The number of benzene rings is 1. The van der Waals surface area contributed by atoms with Crippen LogP contribution in [-0.4, -0.2) is 75.5 Å². The second-order valence-corrected chi connectivity index (χ2v) is 9.69. The number of hydrogen-bond donors (Lipinski definition) is 1. The van der Waals surface area contributed by atoms with Crippen LogP contribution in [0.3, 0.4) is 0 Å². The van der Waals surface area contributed by atoms with Gasteiger partial charge in [-0.1, -0.05) is 27.7 Å². The molecule has 29 heavy (non-hydrogen) atoms. The Kier molecular flexibility index (Phi) is 9.07. The summed E-state index contributed by atoms with van der Waals surface area (Å²) in [6.45, 7) is 12.6. The van der Waals surface area contributed by atoms with Gasteiger partial charge in [-0.05, 0) is 36.6 Å². The van der Waals surface area contributed by atoms with Gasteiger partial charge in [-0.15, -0.1) is 0 Å². The molecule has 0 bridgehead atoms. The second-order valence-electron chi connectivity index (χ2n) is 7.76. The van der Waals surface area contributed by atoms with E-state index in [1.54, 1.807) is 12.1 Å². The molecule has 0 unspecified atom stereocenters. The van der Waals surface area contributed by atoms with Crippen LogP contribution in [0, 0.1) is 5.92 Å². The van der Waals surface area contributed by atoms with Crippen molar-refractivity contribution in [2.45, 2.75) is 45.1 Å². The molecule has 1 aliphatic rings. The molecule has 1 atom stereocenters. The van der Waals surface area contributed by atoms with Crippen LogP contribution in [0.25, 0.3) is 0 Å². The van der Waals surface area contributed by atoms with Crippen molar-refractivity contribution >= 4 is 15.9 Å². The molecule has 8 heteroatoms. The topological polar surface area (TPSA) is 79.0 Å². The highest BCUT2D eigenvalue weighted by Crippen LogP contribution is 2.17. The lowest BCUT2D eigenvalue weighted by Gasteiger charge is -2.35. The first-order chi connectivity index (χ1) is 13.8. The molecule has 0 saturated carbocycles. The third-order valence-corrected chi connectivity index (χ3v) is 7.33. The minimum atomic E-state index is -3.51. The maximum absolute atomic E-state index is 12.6. The summed E-state index contributed by atoms with van der Waals surface area (Å²) in [5.41, 5.74) is 0.466. The lowest BCUT2D eigenvalue weighted by Crippen LogP contribution is -2.49. The van der Waals surface area contributed by atoms with E-state index in [1.165, 1.54) is 16.4 Å². The Labute approximate surface area is 175 Å². The summed E-state index contributed by atoms with van der Waals surface area (Å²) < 4.78 is 32.0. The average Bonchev–Trinajstić information content (AvgIpc) is 2.72. The number of carbonyl (C=O) groups is 1. The minimum absolute atomic E-state index is 0.182. The fourth-order valence-electron chi connectivity index (χ4n) is 3.65. The summed E-state index contributed by atoms with van der Waals surface area (Å²) in [7, 11) is -3.51. The number of amides is 1. The lowest BCUT2D eigenvalue weighted by atomic mass is 10.0. The second kappa shape index (κ2) is 11.1. The largest absolute Gasteiger partial charge is 0.379 e. The highest BCUT2D eigenvalue weighted by Gasteiger charge is 2.24. The van der Waals surface area contributed by atoms with E-state index in [0.717, 1.165) is 32.7 Å². The Hall–Kier alpha value is -1.48. The van der Waals surface area contributed by atoms with Gasteiger partial charge in [-0.3, -0.25) is 9.69 Å². The standard InChI is InChI=1S/C21H35N3O4S/c1-5-24(6-2)29(26,27)20-9-7-18(8-10-20)21(25)22-16-19(15-17(3)4)23-11-13-28-14-12-23/h7-10,17,19H,5-6,11-16H2,1-4H3,(H,22,25)/t19-/m1/s1. The van der Waals surface area contributed by atoms with Crippen LogP contribution < -0.4 is 5.32 Å². The van der Waals surface area contributed by atoms with Crippen molar-refractivity contribution in [3.05, 3.63) is 29.8 Å². The van der Waals surface area contributed by atoms with Crippen LogP contribution in [0.2, 0.25) is 0 Å². The fourth-order valence-corrected chi connectivity index (χ4v) is 5.11. The van der Waals surface area contributed by atoms with Crippen molar-refractivity contribution in [1.82, 2.24) is 14.5 Å². The Morgan fingerprint density at radius 3 is 2.24 bits per heavy atom. The van der Waals surface area contributed by atoms with Crippen LogP contribution in [0.5, 0.6) is 0 Å². The first-order valence-corrected chi connectivity index (χ1v) is 11.9. The van der Waals surface area contributed by atoms with Crippen molar-refractivity contribution in [2.75, 3.05) is 45.9 Å². The molecule has 1 saturated heterocycles. The zero-order valence-corrected chi connectivity index (χ0v) is 18.9. The van der Waals surface area contributed by atoms with Gasteiger partial charge < -0.3 is 10.1 Å². The average molecular weight is 426 g/mol. The van der Waals surface area contributed by atoms with Gasteiger partial charge in [0.25, 0.3) is 5.91 Å². The van der Waals surface area contributed by atoms with E-state index in [9.17, 15) is 13.2 Å². The maximum Gasteiger partial charge on any atom is 0.251 e. The highest BCUT2D eigenvalue weighted by atomic mass is 32.2. The first kappa shape index (κ1) is 23.8. The van der Waals surface area contributed by atoms with Crippen LogP contribution in [0.4, 0.5) is 0 Å². The molecule has 1 aliphatic heterocycles. The highest BCUT2D eigenvalue weighted by molar-refractivity contribution is 7.89. The van der Waals surface area contributed by atoms with Crippen LogP contribution in [0.15, 0.2) is 29.2 Å². The van der Waals surface area contributed by atoms with Crippen LogP contribution in [-0.2, 0) is 14.8 Å². The molecule has 1 aromatic carbocycles. The molecule has 164 valence electrons.